The van der Waals surface area contributed by atoms with Crippen LogP contribution in [0.5, 0.6) is 0 Å². The van der Waals surface area contributed by atoms with Gasteiger partial charge in [-0.15, -0.1) is 11.3 Å². The molecule has 0 saturated carbocycles. The Bertz CT molecular complexity index is 363. The van der Waals surface area contributed by atoms with Gasteiger partial charge in [-0.2, -0.15) is 11.8 Å². The van der Waals surface area contributed by atoms with E-state index in [4.69, 9.17) is 4.98 Å². The summed E-state index contributed by atoms with van der Waals surface area (Å²) in [6, 6.07) is 0. The molecule has 1 N–H and O–H groups in total. The monoisotopic (exact) mass is 284 g/mol. The van der Waals surface area contributed by atoms with Gasteiger partial charge in [0.2, 0.25) is 0 Å². The Morgan fingerprint density at radius 2 is 2.33 bits per heavy atom. The Labute approximate surface area is 119 Å². The highest BCUT2D eigenvalue weighted by Crippen LogP contribution is 2.35. The quantitative estimate of drug-likeness (QED) is 0.771. The number of thiazole rings is 1. The molecular formula is C14H24N2S2. The summed E-state index contributed by atoms with van der Waals surface area (Å²) >= 11 is 3.94. The molecule has 0 bridgehead atoms. The van der Waals surface area contributed by atoms with E-state index in [1.165, 1.54) is 42.1 Å². The van der Waals surface area contributed by atoms with E-state index in [9.17, 15) is 0 Å². The topological polar surface area (TPSA) is 24.9 Å². The van der Waals surface area contributed by atoms with E-state index < -0.39 is 0 Å². The number of thioether (sulfide) groups is 1. The van der Waals surface area contributed by atoms with Crippen LogP contribution < -0.4 is 5.32 Å². The second kappa shape index (κ2) is 7.51. The van der Waals surface area contributed by atoms with Crippen molar-refractivity contribution >= 4 is 23.1 Å². The van der Waals surface area contributed by atoms with Gasteiger partial charge in [0.25, 0.3) is 0 Å². The van der Waals surface area contributed by atoms with Gasteiger partial charge in [0.15, 0.2) is 0 Å². The first kappa shape index (κ1) is 14.4. The highest BCUT2D eigenvalue weighted by Gasteiger charge is 2.24. The zero-order chi connectivity index (χ0) is 12.8. The van der Waals surface area contributed by atoms with Crippen LogP contribution in [0.3, 0.4) is 0 Å². The van der Waals surface area contributed by atoms with Crippen LogP contribution in [-0.2, 0) is 12.2 Å². The molecule has 0 fully saturated rings. The van der Waals surface area contributed by atoms with Crippen LogP contribution >= 0.6 is 23.1 Å². The highest BCUT2D eigenvalue weighted by molar-refractivity contribution is 7.98. The Balaban J connectivity index is 1.98. The molecule has 1 aromatic heterocycles. The van der Waals surface area contributed by atoms with E-state index in [0.29, 0.717) is 5.92 Å². The maximum Gasteiger partial charge on any atom is 0.103 e. The minimum Gasteiger partial charge on any atom is -0.316 e. The molecule has 1 atom stereocenters. The number of fused-ring (bicyclic) bond motifs is 1. The maximum atomic E-state index is 4.91. The second-order valence-corrected chi connectivity index (χ2v) is 7.29. The first-order valence-corrected chi connectivity index (χ1v) is 9.09. The van der Waals surface area contributed by atoms with Crippen molar-refractivity contribution in [3.8, 4) is 0 Å². The van der Waals surface area contributed by atoms with Crippen molar-refractivity contribution < 1.29 is 0 Å². The Morgan fingerprint density at radius 1 is 1.44 bits per heavy atom. The molecule has 1 aliphatic rings. The number of rotatable bonds is 7. The number of nitrogens with one attached hydrogen (secondary N) is 1. The van der Waals surface area contributed by atoms with Gasteiger partial charge in [0.05, 0.1) is 5.69 Å². The van der Waals surface area contributed by atoms with Gasteiger partial charge < -0.3 is 5.32 Å². The molecule has 0 aliphatic heterocycles. The number of hydrogen-bond donors (Lipinski definition) is 1. The molecule has 0 aromatic carbocycles. The Kier molecular flexibility index (Phi) is 5.99. The van der Waals surface area contributed by atoms with Crippen molar-refractivity contribution in [1.29, 1.82) is 0 Å². The fraction of sp³-hybridized carbons (Fsp3) is 0.786. The van der Waals surface area contributed by atoms with Crippen LogP contribution in [-0.4, -0.2) is 23.8 Å². The summed E-state index contributed by atoms with van der Waals surface area (Å²) in [6.45, 7) is 6.69. The molecule has 1 aliphatic carbocycles. The van der Waals surface area contributed by atoms with Crippen LogP contribution in [0.25, 0.3) is 0 Å². The van der Waals surface area contributed by atoms with E-state index in [1.807, 2.05) is 23.1 Å². The lowest BCUT2D eigenvalue weighted by Crippen LogP contribution is -2.24. The standard InChI is InChI=1S/C14H24N2S2/c1-3-8-15-9-11-6-5-7-12-14(11)16-13(18-12)10-17-4-2/h11,15H,3-10H2,1-2H3. The smallest absolute Gasteiger partial charge is 0.103 e. The van der Waals surface area contributed by atoms with Gasteiger partial charge in [-0.05, 0) is 38.0 Å². The van der Waals surface area contributed by atoms with Crippen molar-refractivity contribution in [2.45, 2.75) is 51.2 Å². The molecular weight excluding hydrogens is 260 g/mol. The van der Waals surface area contributed by atoms with Crippen molar-refractivity contribution in [2.24, 2.45) is 0 Å². The Morgan fingerprint density at radius 3 is 3.11 bits per heavy atom. The zero-order valence-electron chi connectivity index (χ0n) is 11.5. The van der Waals surface area contributed by atoms with Crippen molar-refractivity contribution in [3.63, 3.8) is 0 Å². The average molecular weight is 284 g/mol. The van der Waals surface area contributed by atoms with E-state index in [1.54, 1.807) is 4.88 Å². The number of aromatic nitrogens is 1. The van der Waals surface area contributed by atoms with Crippen LogP contribution in [0, 0.1) is 0 Å². The fourth-order valence-corrected chi connectivity index (χ4v) is 4.38. The third-order valence-corrected chi connectivity index (χ3v) is 5.56. The van der Waals surface area contributed by atoms with E-state index in [2.05, 4.69) is 19.2 Å². The summed E-state index contributed by atoms with van der Waals surface area (Å²) in [6.07, 6.45) is 5.13. The largest absolute Gasteiger partial charge is 0.316 e. The summed E-state index contributed by atoms with van der Waals surface area (Å²) in [5, 5.41) is 4.90. The summed E-state index contributed by atoms with van der Waals surface area (Å²) < 4.78 is 0. The van der Waals surface area contributed by atoms with E-state index in [0.717, 1.165) is 18.8 Å². The van der Waals surface area contributed by atoms with Crippen molar-refractivity contribution in [2.75, 3.05) is 18.8 Å². The lowest BCUT2D eigenvalue weighted by molar-refractivity contribution is 0.501. The minimum absolute atomic E-state index is 0.664. The third-order valence-electron chi connectivity index (χ3n) is 3.36. The summed E-state index contributed by atoms with van der Waals surface area (Å²) in [7, 11) is 0. The number of aryl methyl sites for hydroxylation is 1. The second-order valence-electron chi connectivity index (χ2n) is 4.85. The SMILES string of the molecule is CCCNCC1CCCc2sc(CSCC)nc21. The van der Waals surface area contributed by atoms with Crippen molar-refractivity contribution in [1.82, 2.24) is 10.3 Å². The van der Waals surface area contributed by atoms with Gasteiger partial charge in [-0.3, -0.25) is 0 Å². The van der Waals surface area contributed by atoms with Crippen LogP contribution in [0.15, 0.2) is 0 Å². The molecule has 2 rings (SSSR count). The zero-order valence-corrected chi connectivity index (χ0v) is 13.1. The third kappa shape index (κ3) is 3.72. The summed E-state index contributed by atoms with van der Waals surface area (Å²) in [5.41, 5.74) is 1.42. The maximum absolute atomic E-state index is 4.91. The highest BCUT2D eigenvalue weighted by atomic mass is 32.2. The molecule has 1 aromatic rings. The molecule has 0 radical (unpaired) electrons. The Hall–Kier alpha value is -0.0600. The fourth-order valence-electron chi connectivity index (χ4n) is 2.46. The molecule has 0 spiro atoms. The molecule has 1 unspecified atom stereocenters. The molecule has 4 heteroatoms. The molecule has 0 amide bonds. The lowest BCUT2D eigenvalue weighted by atomic mass is 9.91. The van der Waals surface area contributed by atoms with Gasteiger partial charge in [-0.1, -0.05) is 13.8 Å². The normalized spacial score (nSPS) is 18.9. The van der Waals surface area contributed by atoms with Crippen LogP contribution in [0.1, 0.15) is 54.6 Å². The lowest BCUT2D eigenvalue weighted by Gasteiger charge is -2.21. The predicted molar refractivity (Wildman–Crippen MR) is 82.8 cm³/mol. The predicted octanol–water partition coefficient (Wildman–Crippen LogP) is 3.82. The van der Waals surface area contributed by atoms with Crippen molar-refractivity contribution in [3.05, 3.63) is 15.6 Å². The number of nitrogens with zero attached hydrogens (tertiary/aromatic N) is 1. The van der Waals surface area contributed by atoms with E-state index >= 15 is 0 Å². The average Bonchev–Trinajstić information content (AvgIpc) is 2.80. The summed E-state index contributed by atoms with van der Waals surface area (Å²) in [5.74, 6) is 2.95. The van der Waals surface area contributed by atoms with Crippen LogP contribution in [0.4, 0.5) is 0 Å². The van der Waals surface area contributed by atoms with Gasteiger partial charge in [0, 0.05) is 23.1 Å². The molecule has 18 heavy (non-hydrogen) atoms. The molecule has 1 heterocycles. The summed E-state index contributed by atoms with van der Waals surface area (Å²) in [4.78, 5) is 6.47. The van der Waals surface area contributed by atoms with E-state index in [-0.39, 0.29) is 0 Å². The van der Waals surface area contributed by atoms with Gasteiger partial charge in [-0.25, -0.2) is 4.98 Å². The van der Waals surface area contributed by atoms with Gasteiger partial charge >= 0.3 is 0 Å². The molecule has 0 saturated heterocycles. The van der Waals surface area contributed by atoms with Crippen LogP contribution in [0.2, 0.25) is 0 Å². The number of hydrogen-bond acceptors (Lipinski definition) is 4. The molecule has 2 nitrogen and oxygen atoms in total. The first-order valence-electron chi connectivity index (χ1n) is 7.12. The van der Waals surface area contributed by atoms with Gasteiger partial charge in [0.1, 0.15) is 5.01 Å². The molecule has 102 valence electrons. The first-order chi connectivity index (χ1) is 8.85. The minimum atomic E-state index is 0.664.